The maximum atomic E-state index is 12.1. The van der Waals surface area contributed by atoms with E-state index in [1.807, 2.05) is 36.5 Å². The Hall–Kier alpha value is -2.14. The number of benzene rings is 1. The molecule has 1 unspecified atom stereocenters. The number of amides is 1. The van der Waals surface area contributed by atoms with Crippen LogP contribution in [-0.2, 0) is 29.7 Å². The molecule has 2 saturated heterocycles. The number of nitrogens with zero attached hydrogens (tertiary/aromatic N) is 5. The van der Waals surface area contributed by atoms with Crippen LogP contribution in [-0.4, -0.2) is 64.2 Å². The minimum atomic E-state index is -0.0141. The Kier molecular flexibility index (Phi) is 8.92. The van der Waals surface area contributed by atoms with Crippen LogP contribution in [0.3, 0.4) is 0 Å². The van der Waals surface area contributed by atoms with E-state index in [9.17, 15) is 4.79 Å². The summed E-state index contributed by atoms with van der Waals surface area (Å²) in [5, 5.41) is 7.71. The second-order valence-corrected chi connectivity index (χ2v) is 8.11. The van der Waals surface area contributed by atoms with E-state index in [1.165, 1.54) is 5.56 Å². The van der Waals surface area contributed by atoms with Crippen molar-refractivity contribution in [1.29, 1.82) is 0 Å². The number of rotatable bonds is 6. The van der Waals surface area contributed by atoms with Crippen LogP contribution in [0.25, 0.3) is 0 Å². The van der Waals surface area contributed by atoms with Gasteiger partial charge in [0, 0.05) is 51.4 Å². The van der Waals surface area contributed by atoms with E-state index in [0.717, 1.165) is 49.7 Å². The van der Waals surface area contributed by atoms with Crippen molar-refractivity contribution in [3.05, 3.63) is 53.3 Å². The summed E-state index contributed by atoms with van der Waals surface area (Å²) in [6, 6.07) is 8.30. The van der Waals surface area contributed by atoms with Crippen molar-refractivity contribution in [3.8, 4) is 0 Å². The van der Waals surface area contributed by atoms with Crippen molar-refractivity contribution in [2.75, 3.05) is 32.8 Å². The van der Waals surface area contributed by atoms with Crippen LogP contribution in [0.5, 0.6) is 0 Å². The highest BCUT2D eigenvalue weighted by atomic mass is 127. The number of ether oxygens (including phenoxy) is 1. The first-order valence-corrected chi connectivity index (χ1v) is 11.1. The topological polar surface area (TPSA) is 75.0 Å². The number of hydrogen-bond donors (Lipinski definition) is 1. The van der Waals surface area contributed by atoms with Crippen molar-refractivity contribution >= 4 is 35.8 Å². The van der Waals surface area contributed by atoms with Gasteiger partial charge in [-0.1, -0.05) is 24.3 Å². The number of morpholine rings is 1. The van der Waals surface area contributed by atoms with Crippen LogP contribution in [0, 0.1) is 0 Å². The van der Waals surface area contributed by atoms with Crippen LogP contribution in [0.1, 0.15) is 42.6 Å². The normalized spacial score (nSPS) is 19.2. The van der Waals surface area contributed by atoms with Crippen LogP contribution in [0.2, 0.25) is 0 Å². The fourth-order valence-electron chi connectivity index (χ4n) is 4.18. The van der Waals surface area contributed by atoms with Crippen LogP contribution in [0.4, 0.5) is 0 Å². The summed E-state index contributed by atoms with van der Waals surface area (Å²) in [5.74, 6) is 1.15. The molecule has 2 aliphatic rings. The highest BCUT2D eigenvalue weighted by Gasteiger charge is 2.25. The fourth-order valence-corrected chi connectivity index (χ4v) is 4.18. The van der Waals surface area contributed by atoms with E-state index in [0.29, 0.717) is 26.1 Å². The molecule has 32 heavy (non-hydrogen) atoms. The number of likely N-dealkylation sites (tertiary alicyclic amines) is 1. The summed E-state index contributed by atoms with van der Waals surface area (Å²) in [7, 11) is 1.92. The smallest absolute Gasteiger partial charge is 0.222 e. The summed E-state index contributed by atoms with van der Waals surface area (Å²) in [4.78, 5) is 21.2. The van der Waals surface area contributed by atoms with Crippen LogP contribution >= 0.6 is 24.0 Å². The van der Waals surface area contributed by atoms with Gasteiger partial charge >= 0.3 is 0 Å². The third-order valence-electron chi connectivity index (χ3n) is 5.85. The Bertz CT molecular complexity index is 931. The molecule has 0 saturated carbocycles. The number of hydrogen-bond acceptors (Lipinski definition) is 4. The van der Waals surface area contributed by atoms with Crippen molar-refractivity contribution in [1.82, 2.24) is 24.9 Å². The lowest BCUT2D eigenvalue weighted by molar-refractivity contribution is -0.128. The first-order chi connectivity index (χ1) is 15.1. The Balaban J connectivity index is 0.00000289. The van der Waals surface area contributed by atoms with Gasteiger partial charge in [-0.05, 0) is 24.5 Å². The van der Waals surface area contributed by atoms with E-state index in [4.69, 9.17) is 9.73 Å². The number of aryl methyl sites for hydroxylation is 1. The summed E-state index contributed by atoms with van der Waals surface area (Å²) in [5.41, 5.74) is 3.42. The Morgan fingerprint density at radius 2 is 2.09 bits per heavy atom. The number of carbonyl (C=O) groups excluding carboxylic acids is 1. The second kappa shape index (κ2) is 11.6. The number of halogens is 1. The van der Waals surface area contributed by atoms with Gasteiger partial charge in [0.25, 0.3) is 0 Å². The average molecular weight is 552 g/mol. The quantitative estimate of drug-likeness (QED) is 0.339. The number of carbonyl (C=O) groups is 1. The van der Waals surface area contributed by atoms with Gasteiger partial charge in [-0.15, -0.1) is 24.0 Å². The molecule has 0 bridgehead atoms. The van der Waals surface area contributed by atoms with Crippen molar-refractivity contribution in [3.63, 3.8) is 0 Å². The van der Waals surface area contributed by atoms with E-state index in [2.05, 4.69) is 34.4 Å². The molecule has 0 aliphatic carbocycles. The van der Waals surface area contributed by atoms with Gasteiger partial charge in [0.15, 0.2) is 5.96 Å². The molecule has 4 rings (SSSR count). The lowest BCUT2D eigenvalue weighted by atomic mass is 10.1. The molecule has 1 aromatic carbocycles. The van der Waals surface area contributed by atoms with Crippen molar-refractivity contribution in [2.45, 2.75) is 39.0 Å². The minimum Gasteiger partial charge on any atom is -0.370 e. The molecule has 1 aromatic heterocycles. The average Bonchev–Trinajstić information content (AvgIpc) is 3.40. The van der Waals surface area contributed by atoms with Gasteiger partial charge in [0.1, 0.15) is 6.10 Å². The maximum Gasteiger partial charge on any atom is 0.222 e. The summed E-state index contributed by atoms with van der Waals surface area (Å²) in [6.45, 7) is 7.17. The summed E-state index contributed by atoms with van der Waals surface area (Å²) in [6.07, 6.45) is 5.49. The highest BCUT2D eigenvalue weighted by molar-refractivity contribution is 14.0. The van der Waals surface area contributed by atoms with Gasteiger partial charge in [-0.25, -0.2) is 4.99 Å². The molecule has 8 nitrogen and oxygen atoms in total. The third-order valence-corrected chi connectivity index (χ3v) is 5.85. The molecular formula is C23H33IN6O2. The van der Waals surface area contributed by atoms with E-state index >= 15 is 0 Å². The standard InChI is InChI=1S/C23H32N6O2.HI/c1-3-24-23(29-11-12-31-21(17-29)20-14-26-27(2)15-20)25-13-18-7-4-5-8-19(18)16-28-10-6-9-22(28)30;/h4-5,7-8,14-15,21H,3,6,9-13,16-17H2,1-2H3,(H,24,25);1H. The highest BCUT2D eigenvalue weighted by Crippen LogP contribution is 2.22. The molecule has 1 amide bonds. The van der Waals surface area contributed by atoms with Gasteiger partial charge < -0.3 is 19.9 Å². The molecular weight excluding hydrogens is 519 g/mol. The zero-order chi connectivity index (χ0) is 21.6. The Morgan fingerprint density at radius 3 is 2.78 bits per heavy atom. The second-order valence-electron chi connectivity index (χ2n) is 8.11. The minimum absolute atomic E-state index is 0. The molecule has 9 heteroatoms. The number of guanidine groups is 1. The zero-order valence-electron chi connectivity index (χ0n) is 18.9. The van der Waals surface area contributed by atoms with Crippen molar-refractivity contribution in [2.24, 2.45) is 12.0 Å². The molecule has 0 spiro atoms. The molecule has 2 aliphatic heterocycles. The van der Waals surface area contributed by atoms with Crippen LogP contribution < -0.4 is 5.32 Å². The first kappa shape index (κ1) is 24.5. The number of aliphatic imine (C=N–C) groups is 1. The Morgan fingerprint density at radius 1 is 1.28 bits per heavy atom. The van der Waals surface area contributed by atoms with Gasteiger partial charge in [-0.3, -0.25) is 9.48 Å². The van der Waals surface area contributed by atoms with E-state index in [-0.39, 0.29) is 36.0 Å². The molecule has 2 aromatic rings. The van der Waals surface area contributed by atoms with E-state index < -0.39 is 0 Å². The monoisotopic (exact) mass is 552 g/mol. The van der Waals surface area contributed by atoms with Gasteiger partial charge in [-0.2, -0.15) is 5.10 Å². The molecule has 0 radical (unpaired) electrons. The summed E-state index contributed by atoms with van der Waals surface area (Å²) >= 11 is 0. The third kappa shape index (κ3) is 6.00. The molecule has 3 heterocycles. The predicted molar refractivity (Wildman–Crippen MR) is 135 cm³/mol. The lowest BCUT2D eigenvalue weighted by Gasteiger charge is -2.34. The van der Waals surface area contributed by atoms with E-state index in [1.54, 1.807) is 4.68 Å². The summed E-state index contributed by atoms with van der Waals surface area (Å²) < 4.78 is 7.79. The zero-order valence-corrected chi connectivity index (χ0v) is 21.2. The number of nitrogens with one attached hydrogen (secondary N) is 1. The van der Waals surface area contributed by atoms with Gasteiger partial charge in [0.05, 0.1) is 25.9 Å². The molecule has 174 valence electrons. The molecule has 1 atom stereocenters. The SMILES string of the molecule is CCNC(=NCc1ccccc1CN1CCCC1=O)N1CCOC(c2cnn(C)c2)C1.I. The fraction of sp³-hybridized carbons (Fsp3) is 0.522. The predicted octanol–water partition coefficient (Wildman–Crippen LogP) is 2.70. The lowest BCUT2D eigenvalue weighted by Crippen LogP contribution is -2.48. The Labute approximate surface area is 207 Å². The molecule has 2 fully saturated rings. The molecule has 1 N–H and O–H groups in total. The van der Waals surface area contributed by atoms with Gasteiger partial charge in [0.2, 0.25) is 5.91 Å². The first-order valence-electron chi connectivity index (χ1n) is 11.1. The maximum absolute atomic E-state index is 12.1. The largest absolute Gasteiger partial charge is 0.370 e. The van der Waals surface area contributed by atoms with Crippen molar-refractivity contribution < 1.29 is 9.53 Å². The van der Waals surface area contributed by atoms with Crippen LogP contribution in [0.15, 0.2) is 41.7 Å². The number of aromatic nitrogens is 2.